The Bertz CT molecular complexity index is 1070. The lowest BCUT2D eigenvalue weighted by Crippen LogP contribution is -2.28. The van der Waals surface area contributed by atoms with Crippen molar-refractivity contribution >= 4 is 28.1 Å². The lowest BCUT2D eigenvalue weighted by molar-refractivity contribution is 0.0589. The number of anilines is 2. The number of fused-ring (bicyclic) bond motifs is 1. The van der Waals surface area contributed by atoms with Gasteiger partial charge in [-0.3, -0.25) is 4.79 Å². The van der Waals surface area contributed by atoms with Gasteiger partial charge in [0.05, 0.1) is 12.8 Å². The highest BCUT2D eigenvalue weighted by atomic mass is 16.5. The first-order valence-electron chi connectivity index (χ1n) is 8.37. The summed E-state index contributed by atoms with van der Waals surface area (Å²) < 4.78 is 6.33. The zero-order valence-corrected chi connectivity index (χ0v) is 15.7. The van der Waals surface area contributed by atoms with Crippen LogP contribution >= 0.6 is 0 Å². The Labute approximate surface area is 152 Å². The van der Waals surface area contributed by atoms with Gasteiger partial charge in [-0.2, -0.15) is 0 Å². The Kier molecular flexibility index (Phi) is 4.55. The van der Waals surface area contributed by atoms with Crippen LogP contribution in [0.25, 0.3) is 10.8 Å². The van der Waals surface area contributed by atoms with Crippen molar-refractivity contribution in [1.82, 2.24) is 4.57 Å². The number of ether oxygens (including phenoxy) is 1. The average molecular weight is 350 g/mol. The molecule has 0 amide bonds. The third-order valence-electron chi connectivity index (χ3n) is 4.87. The van der Waals surface area contributed by atoms with Gasteiger partial charge in [-0.05, 0) is 43.2 Å². The molecule has 5 heteroatoms. The third kappa shape index (κ3) is 2.75. The molecule has 5 nitrogen and oxygen atoms in total. The first-order chi connectivity index (χ1) is 12.4. The number of aryl methyl sites for hydroxylation is 2. The average Bonchev–Trinajstić information content (AvgIpc) is 2.65. The molecule has 0 spiro atoms. The number of methoxy groups -OCH3 is 1. The van der Waals surface area contributed by atoms with Crippen molar-refractivity contribution in [2.24, 2.45) is 7.05 Å². The van der Waals surface area contributed by atoms with Crippen molar-refractivity contribution in [3.63, 3.8) is 0 Å². The fourth-order valence-corrected chi connectivity index (χ4v) is 3.18. The Balaban J connectivity index is 2.39. The van der Waals surface area contributed by atoms with Crippen molar-refractivity contribution in [1.29, 1.82) is 0 Å². The van der Waals surface area contributed by atoms with E-state index >= 15 is 0 Å². The van der Waals surface area contributed by atoms with Crippen LogP contribution in [0.2, 0.25) is 0 Å². The molecule has 0 saturated carbocycles. The lowest BCUT2D eigenvalue weighted by atomic mass is 10.1. The topological polar surface area (TPSA) is 51.5 Å². The number of carbonyl (C=O) groups excluding carboxylic acids is 1. The van der Waals surface area contributed by atoms with Crippen molar-refractivity contribution in [3.05, 3.63) is 69.6 Å². The summed E-state index contributed by atoms with van der Waals surface area (Å²) in [4.78, 5) is 27.1. The van der Waals surface area contributed by atoms with Gasteiger partial charge in [0.2, 0.25) is 0 Å². The molecule has 0 radical (unpaired) electrons. The summed E-state index contributed by atoms with van der Waals surface area (Å²) in [5.74, 6) is -0.541. The molecule has 0 atom stereocenters. The monoisotopic (exact) mass is 350 g/mol. The minimum absolute atomic E-state index is 0.224. The predicted molar refractivity (Wildman–Crippen MR) is 105 cm³/mol. The molecule has 3 aromatic rings. The summed E-state index contributed by atoms with van der Waals surface area (Å²) in [5.41, 5.74) is 3.94. The Hall–Kier alpha value is -3.08. The van der Waals surface area contributed by atoms with Gasteiger partial charge in [-0.1, -0.05) is 24.3 Å². The van der Waals surface area contributed by atoms with E-state index in [4.69, 9.17) is 4.74 Å². The van der Waals surface area contributed by atoms with Crippen LogP contribution in [0, 0.1) is 13.8 Å². The lowest BCUT2D eigenvalue weighted by Gasteiger charge is -2.25. The molecule has 134 valence electrons. The maximum atomic E-state index is 12.7. The summed E-state index contributed by atoms with van der Waals surface area (Å²) in [5, 5.41) is 1.28. The van der Waals surface area contributed by atoms with Crippen molar-refractivity contribution in [2.45, 2.75) is 13.8 Å². The minimum atomic E-state index is -0.541. The van der Waals surface area contributed by atoms with Gasteiger partial charge >= 0.3 is 5.97 Å². The van der Waals surface area contributed by atoms with E-state index in [2.05, 4.69) is 13.0 Å². The molecule has 0 N–H and O–H groups in total. The number of carbonyl (C=O) groups is 1. The summed E-state index contributed by atoms with van der Waals surface area (Å²) in [6, 6.07) is 13.4. The molecule has 3 rings (SSSR count). The number of hydrogen-bond acceptors (Lipinski definition) is 4. The van der Waals surface area contributed by atoms with Crippen LogP contribution in [0.1, 0.15) is 21.6 Å². The molecule has 0 aliphatic heterocycles. The molecule has 1 heterocycles. The van der Waals surface area contributed by atoms with Gasteiger partial charge in [-0.15, -0.1) is 0 Å². The number of rotatable bonds is 3. The molecule has 0 saturated heterocycles. The normalized spacial score (nSPS) is 10.8. The smallest absolute Gasteiger partial charge is 0.356 e. The Morgan fingerprint density at radius 3 is 2.31 bits per heavy atom. The molecular weight excluding hydrogens is 328 g/mol. The second-order valence-corrected chi connectivity index (χ2v) is 6.43. The molecule has 1 aromatic heterocycles. The largest absolute Gasteiger partial charge is 0.464 e. The molecule has 0 aliphatic rings. The predicted octanol–water partition coefficient (Wildman–Crippen LogP) is 3.71. The number of aromatic nitrogens is 1. The highest BCUT2D eigenvalue weighted by molar-refractivity contribution is 6.06. The van der Waals surface area contributed by atoms with Gasteiger partial charge in [0.25, 0.3) is 5.56 Å². The molecule has 26 heavy (non-hydrogen) atoms. The standard InChI is InChI=1S/C21H22N2O3/c1-13-10-11-15(12-14(13)2)22(3)18-16-8-6-7-9-17(16)20(24)23(4)19(18)21(25)26-5/h6-12H,1-5H3. The van der Waals surface area contributed by atoms with Crippen molar-refractivity contribution in [2.75, 3.05) is 19.1 Å². The van der Waals surface area contributed by atoms with Crippen LogP contribution in [0.3, 0.4) is 0 Å². The molecule has 0 fully saturated rings. The van der Waals surface area contributed by atoms with E-state index in [-0.39, 0.29) is 11.3 Å². The van der Waals surface area contributed by atoms with E-state index < -0.39 is 5.97 Å². The first kappa shape index (κ1) is 17.7. The number of pyridine rings is 1. The number of esters is 1. The SMILES string of the molecule is COC(=O)c1c(N(C)c2ccc(C)c(C)c2)c2ccccc2c(=O)n1C. The van der Waals surface area contributed by atoms with Crippen LogP contribution in [0.4, 0.5) is 11.4 Å². The van der Waals surface area contributed by atoms with Crippen LogP contribution in [0.5, 0.6) is 0 Å². The third-order valence-corrected chi connectivity index (χ3v) is 4.87. The molecular formula is C21H22N2O3. The number of hydrogen-bond donors (Lipinski definition) is 0. The van der Waals surface area contributed by atoms with Crippen LogP contribution in [0.15, 0.2) is 47.3 Å². The molecule has 2 aromatic carbocycles. The number of benzene rings is 2. The van der Waals surface area contributed by atoms with Crippen molar-refractivity contribution in [3.8, 4) is 0 Å². The van der Waals surface area contributed by atoms with E-state index in [1.54, 1.807) is 13.1 Å². The maximum Gasteiger partial charge on any atom is 0.356 e. The highest BCUT2D eigenvalue weighted by Gasteiger charge is 2.24. The molecule has 0 unspecified atom stereocenters. The zero-order chi connectivity index (χ0) is 19.0. The zero-order valence-electron chi connectivity index (χ0n) is 15.7. The van der Waals surface area contributed by atoms with Gasteiger partial charge in [0, 0.05) is 30.6 Å². The Morgan fingerprint density at radius 1 is 1.04 bits per heavy atom. The van der Waals surface area contributed by atoms with Crippen LogP contribution in [-0.4, -0.2) is 24.7 Å². The van der Waals surface area contributed by atoms with Crippen molar-refractivity contribution < 1.29 is 9.53 Å². The van der Waals surface area contributed by atoms with Gasteiger partial charge in [0.1, 0.15) is 0 Å². The fraction of sp³-hybridized carbons (Fsp3) is 0.238. The summed E-state index contributed by atoms with van der Waals surface area (Å²) >= 11 is 0. The maximum absolute atomic E-state index is 12.7. The molecule has 0 bridgehead atoms. The van der Waals surface area contributed by atoms with E-state index in [0.29, 0.717) is 11.1 Å². The summed E-state index contributed by atoms with van der Waals surface area (Å²) in [7, 11) is 4.81. The van der Waals surface area contributed by atoms with Gasteiger partial charge < -0.3 is 14.2 Å². The Morgan fingerprint density at radius 2 is 1.69 bits per heavy atom. The van der Waals surface area contributed by atoms with Gasteiger partial charge in [0.15, 0.2) is 5.69 Å². The fourth-order valence-electron chi connectivity index (χ4n) is 3.18. The minimum Gasteiger partial charge on any atom is -0.464 e. The molecule has 0 aliphatic carbocycles. The summed E-state index contributed by atoms with van der Waals surface area (Å²) in [6.45, 7) is 4.10. The van der Waals surface area contributed by atoms with E-state index in [1.165, 1.54) is 17.2 Å². The first-order valence-corrected chi connectivity index (χ1v) is 8.37. The van der Waals surface area contributed by atoms with E-state index in [9.17, 15) is 9.59 Å². The quantitative estimate of drug-likeness (QED) is 0.676. The van der Waals surface area contributed by atoms with Crippen LogP contribution in [-0.2, 0) is 11.8 Å². The second-order valence-electron chi connectivity index (χ2n) is 6.43. The van der Waals surface area contributed by atoms with E-state index in [1.807, 2.05) is 49.2 Å². The van der Waals surface area contributed by atoms with Gasteiger partial charge in [-0.25, -0.2) is 4.79 Å². The number of nitrogens with zero attached hydrogens (tertiary/aromatic N) is 2. The summed E-state index contributed by atoms with van der Waals surface area (Å²) in [6.07, 6.45) is 0. The highest BCUT2D eigenvalue weighted by Crippen LogP contribution is 2.34. The van der Waals surface area contributed by atoms with Crippen LogP contribution < -0.4 is 10.5 Å². The van der Waals surface area contributed by atoms with E-state index in [0.717, 1.165) is 16.6 Å². The second kappa shape index (κ2) is 6.67.